The predicted octanol–water partition coefficient (Wildman–Crippen LogP) is 3.31. The number of fused-ring (bicyclic) bond motifs is 3. The van der Waals surface area contributed by atoms with Crippen LogP contribution in [0.5, 0.6) is 0 Å². The van der Waals surface area contributed by atoms with Gasteiger partial charge in [-0.05, 0) is 18.4 Å². The summed E-state index contributed by atoms with van der Waals surface area (Å²) in [4.78, 5) is 22.7. The number of halogens is 3. The van der Waals surface area contributed by atoms with Crippen molar-refractivity contribution >= 4 is 22.8 Å². The summed E-state index contributed by atoms with van der Waals surface area (Å²) in [5, 5.41) is 1.99. The van der Waals surface area contributed by atoms with Gasteiger partial charge in [0.2, 0.25) is 0 Å². The number of carbonyl (C=O) groups is 1. The van der Waals surface area contributed by atoms with Gasteiger partial charge in [0.25, 0.3) is 0 Å². The molecule has 0 saturated carbocycles. The fourth-order valence-corrected chi connectivity index (χ4v) is 4.28. The molecule has 0 aliphatic carbocycles. The minimum atomic E-state index is -4.43. The van der Waals surface area contributed by atoms with Crippen molar-refractivity contribution in [2.45, 2.75) is 31.9 Å². The van der Waals surface area contributed by atoms with E-state index in [-0.39, 0.29) is 11.8 Å². The number of alkyl halides is 3. The van der Waals surface area contributed by atoms with Crippen molar-refractivity contribution in [1.29, 1.82) is 0 Å². The number of urea groups is 1. The van der Waals surface area contributed by atoms with E-state index in [1.807, 2.05) is 33.6 Å². The first-order valence-electron chi connectivity index (χ1n) is 9.65. The smallest absolute Gasteiger partial charge is 0.334 e. The first kappa shape index (κ1) is 19.5. The standard InChI is InChI=1S/C19H23F3N6O/c1-3-4-12-9-27(18(29)25-11-19(20,21)22)10-13(12)15-7-23-16-8-24-17-14(28(15)16)5-6-26(17)2/h5-8,12-13H,3-4,9-11H2,1-2H3,(H,25,29)/t12-,13+/m1/s1. The number of imidazole rings is 1. The molecule has 0 aromatic carbocycles. The first-order chi connectivity index (χ1) is 13.8. The van der Waals surface area contributed by atoms with Crippen LogP contribution >= 0.6 is 0 Å². The summed E-state index contributed by atoms with van der Waals surface area (Å²) in [6.45, 7) is 1.53. The van der Waals surface area contributed by atoms with E-state index >= 15 is 0 Å². The number of aryl methyl sites for hydroxylation is 1. The van der Waals surface area contributed by atoms with E-state index in [4.69, 9.17) is 0 Å². The van der Waals surface area contributed by atoms with Gasteiger partial charge in [0.1, 0.15) is 6.54 Å². The van der Waals surface area contributed by atoms with Gasteiger partial charge in [0.05, 0.1) is 11.7 Å². The van der Waals surface area contributed by atoms with Gasteiger partial charge in [-0.15, -0.1) is 0 Å². The van der Waals surface area contributed by atoms with Gasteiger partial charge >= 0.3 is 12.2 Å². The number of amides is 2. The second-order valence-corrected chi connectivity index (χ2v) is 7.60. The van der Waals surface area contributed by atoms with Gasteiger partial charge in [0, 0.05) is 44.1 Å². The third kappa shape index (κ3) is 3.63. The number of hydrogen-bond donors (Lipinski definition) is 1. The van der Waals surface area contributed by atoms with Crippen molar-refractivity contribution in [2.75, 3.05) is 19.6 Å². The molecule has 0 unspecified atom stereocenters. The summed E-state index contributed by atoms with van der Waals surface area (Å²) >= 11 is 0. The Kier molecular flexibility index (Phi) is 4.87. The van der Waals surface area contributed by atoms with Crippen molar-refractivity contribution in [2.24, 2.45) is 13.0 Å². The van der Waals surface area contributed by atoms with Crippen molar-refractivity contribution in [3.63, 3.8) is 0 Å². The number of carbonyl (C=O) groups excluding carboxylic acids is 1. The summed E-state index contributed by atoms with van der Waals surface area (Å²) in [6, 6.07) is 1.30. The van der Waals surface area contributed by atoms with Crippen LogP contribution in [0.3, 0.4) is 0 Å². The Bertz CT molecular complexity index is 1040. The lowest BCUT2D eigenvalue weighted by molar-refractivity contribution is -0.123. The van der Waals surface area contributed by atoms with E-state index in [1.165, 1.54) is 4.90 Å². The number of likely N-dealkylation sites (tertiary alicyclic amines) is 1. The molecule has 1 N–H and O–H groups in total. The third-order valence-electron chi connectivity index (χ3n) is 5.59. The Morgan fingerprint density at radius 1 is 1.28 bits per heavy atom. The van der Waals surface area contributed by atoms with Crippen LogP contribution in [0.1, 0.15) is 31.4 Å². The molecule has 1 aliphatic heterocycles. The molecule has 7 nitrogen and oxygen atoms in total. The van der Waals surface area contributed by atoms with Crippen molar-refractivity contribution in [3.8, 4) is 0 Å². The molecule has 0 bridgehead atoms. The van der Waals surface area contributed by atoms with E-state index in [2.05, 4.69) is 16.9 Å². The summed E-state index contributed by atoms with van der Waals surface area (Å²) in [5.74, 6) is 0.149. The number of rotatable bonds is 4. The van der Waals surface area contributed by atoms with E-state index in [9.17, 15) is 18.0 Å². The van der Waals surface area contributed by atoms with Crippen molar-refractivity contribution < 1.29 is 18.0 Å². The Balaban J connectivity index is 1.66. The minimum Gasteiger partial charge on any atom is -0.334 e. The summed E-state index contributed by atoms with van der Waals surface area (Å²) in [6.07, 6.45) is 2.82. The van der Waals surface area contributed by atoms with Crippen LogP contribution in [0.4, 0.5) is 18.0 Å². The summed E-state index contributed by atoms with van der Waals surface area (Å²) < 4.78 is 41.4. The third-order valence-corrected chi connectivity index (χ3v) is 5.59. The molecular weight excluding hydrogens is 385 g/mol. The summed E-state index contributed by atoms with van der Waals surface area (Å²) in [7, 11) is 1.92. The van der Waals surface area contributed by atoms with Gasteiger partial charge in [-0.25, -0.2) is 14.8 Å². The molecule has 1 saturated heterocycles. The van der Waals surface area contributed by atoms with Crippen LogP contribution in [0.25, 0.3) is 16.8 Å². The molecule has 1 fully saturated rings. The average molecular weight is 408 g/mol. The second kappa shape index (κ2) is 7.23. The molecule has 1 aliphatic rings. The topological polar surface area (TPSA) is 67.5 Å². The molecule has 2 atom stereocenters. The zero-order valence-corrected chi connectivity index (χ0v) is 16.3. The molecule has 0 spiro atoms. The Hall–Kier alpha value is -2.78. The van der Waals surface area contributed by atoms with Gasteiger partial charge in [-0.1, -0.05) is 13.3 Å². The number of hydrogen-bond acceptors (Lipinski definition) is 3. The van der Waals surface area contributed by atoms with Crippen molar-refractivity contribution in [3.05, 3.63) is 30.4 Å². The molecule has 10 heteroatoms. The van der Waals surface area contributed by atoms with Gasteiger partial charge in [-0.3, -0.25) is 4.40 Å². The molecule has 4 heterocycles. The number of aromatic nitrogens is 4. The lowest BCUT2D eigenvalue weighted by Crippen LogP contribution is -2.42. The molecule has 0 radical (unpaired) electrons. The fourth-order valence-electron chi connectivity index (χ4n) is 4.28. The van der Waals surface area contributed by atoms with Crippen LogP contribution in [-0.2, 0) is 7.05 Å². The predicted molar refractivity (Wildman–Crippen MR) is 102 cm³/mol. The molecule has 156 valence electrons. The Morgan fingerprint density at radius 2 is 2.07 bits per heavy atom. The Morgan fingerprint density at radius 3 is 2.79 bits per heavy atom. The van der Waals surface area contributed by atoms with Gasteiger partial charge in [0.15, 0.2) is 11.3 Å². The zero-order valence-electron chi connectivity index (χ0n) is 16.3. The normalized spacial score (nSPS) is 20.1. The first-order valence-corrected chi connectivity index (χ1v) is 9.65. The van der Waals surface area contributed by atoms with Crippen molar-refractivity contribution in [1.82, 2.24) is 29.2 Å². The van der Waals surface area contributed by atoms with Gasteiger partial charge < -0.3 is 14.8 Å². The average Bonchev–Trinajstić information content (AvgIpc) is 3.36. The minimum absolute atomic E-state index is 0.00704. The fraction of sp³-hybridized carbons (Fsp3) is 0.526. The number of nitrogens with one attached hydrogen (secondary N) is 1. The molecule has 3 aromatic rings. The highest BCUT2D eigenvalue weighted by Gasteiger charge is 2.38. The highest BCUT2D eigenvalue weighted by molar-refractivity contribution is 5.76. The maximum atomic E-state index is 12.5. The SMILES string of the molecule is CCC[C@@H]1CN(C(=O)NCC(F)(F)F)C[C@@H]1c1cnc2cnc3c(ccn3C)n12. The molecular formula is C19H23F3N6O. The molecule has 2 amide bonds. The van der Waals surface area contributed by atoms with Crippen LogP contribution < -0.4 is 5.32 Å². The molecule has 29 heavy (non-hydrogen) atoms. The molecule has 4 rings (SSSR count). The Labute approximate surface area is 165 Å². The van der Waals surface area contributed by atoms with E-state index < -0.39 is 18.8 Å². The maximum Gasteiger partial charge on any atom is 0.405 e. The van der Waals surface area contributed by atoms with E-state index in [0.717, 1.165) is 29.7 Å². The van der Waals surface area contributed by atoms with Crippen LogP contribution in [0, 0.1) is 5.92 Å². The van der Waals surface area contributed by atoms with Crippen LogP contribution in [-0.4, -0.2) is 55.7 Å². The van der Waals surface area contributed by atoms with Crippen LogP contribution in [0.2, 0.25) is 0 Å². The van der Waals surface area contributed by atoms with E-state index in [1.54, 1.807) is 12.4 Å². The molecule has 3 aromatic heterocycles. The maximum absolute atomic E-state index is 12.5. The lowest BCUT2D eigenvalue weighted by Gasteiger charge is -2.18. The van der Waals surface area contributed by atoms with Crippen LogP contribution in [0.15, 0.2) is 24.7 Å². The van der Waals surface area contributed by atoms with E-state index in [0.29, 0.717) is 18.7 Å². The van der Waals surface area contributed by atoms with Gasteiger partial charge in [-0.2, -0.15) is 13.2 Å². The number of nitrogens with zero attached hydrogens (tertiary/aromatic N) is 5. The highest BCUT2D eigenvalue weighted by Crippen LogP contribution is 2.36. The monoisotopic (exact) mass is 408 g/mol. The quantitative estimate of drug-likeness (QED) is 0.720. The summed E-state index contributed by atoms with van der Waals surface area (Å²) in [5.41, 5.74) is 3.42. The largest absolute Gasteiger partial charge is 0.405 e. The highest BCUT2D eigenvalue weighted by atomic mass is 19.4. The second-order valence-electron chi connectivity index (χ2n) is 7.60. The lowest BCUT2D eigenvalue weighted by atomic mass is 9.89. The zero-order chi connectivity index (χ0) is 20.8.